The van der Waals surface area contributed by atoms with Crippen molar-refractivity contribution in [1.29, 1.82) is 5.26 Å². The monoisotopic (exact) mass is 456 g/mol. The second kappa shape index (κ2) is 8.23. The van der Waals surface area contributed by atoms with Gasteiger partial charge in [0.05, 0.1) is 21.8 Å². The van der Waals surface area contributed by atoms with Crippen molar-refractivity contribution in [2.45, 2.75) is 40.0 Å². The molecule has 0 spiro atoms. The number of nitrogens with zero attached hydrogens (tertiary/aromatic N) is 2. The molecule has 0 amide bonds. The average molecular weight is 457 g/mol. The van der Waals surface area contributed by atoms with Gasteiger partial charge in [0.2, 0.25) is 0 Å². The molecule has 3 aromatic rings. The Bertz CT molecular complexity index is 1160. The van der Waals surface area contributed by atoms with E-state index in [-0.39, 0.29) is 5.41 Å². The Morgan fingerprint density at radius 2 is 2.03 bits per heavy atom. The number of hydrogen-bond donors (Lipinski definition) is 0. The zero-order valence-corrected chi connectivity index (χ0v) is 19.5. The number of nitriles is 1. The molecule has 0 saturated heterocycles. The van der Waals surface area contributed by atoms with Crippen molar-refractivity contribution in [3.05, 3.63) is 62.1 Å². The Morgan fingerprint density at radius 1 is 1.23 bits per heavy atom. The predicted octanol–water partition coefficient (Wildman–Crippen LogP) is 8.09. The van der Waals surface area contributed by atoms with Crippen LogP contribution in [0.2, 0.25) is 10.0 Å². The molecule has 0 bridgehead atoms. The topological polar surface area (TPSA) is 49.3 Å². The minimum atomic E-state index is 0.268. The SMILES string of the molecule is CC(C)(C)[C@@H]1CCc2c(sc(N=Cc3ccc(-c4cccc(Cl)c4Cl)o3)c2C#N)C1. The number of thiophene rings is 1. The van der Waals surface area contributed by atoms with Crippen LogP contribution < -0.4 is 0 Å². The van der Waals surface area contributed by atoms with Crippen molar-refractivity contribution in [3.63, 3.8) is 0 Å². The lowest BCUT2D eigenvalue weighted by atomic mass is 9.72. The molecule has 1 aromatic carbocycles. The van der Waals surface area contributed by atoms with Gasteiger partial charge in [-0.2, -0.15) is 5.26 Å². The second-order valence-electron chi connectivity index (χ2n) is 8.66. The van der Waals surface area contributed by atoms with Crippen molar-refractivity contribution in [2.75, 3.05) is 0 Å². The fraction of sp³-hybridized carbons (Fsp3) is 0.333. The average Bonchev–Trinajstić information content (AvgIpc) is 3.31. The number of furan rings is 1. The van der Waals surface area contributed by atoms with E-state index in [1.54, 1.807) is 23.6 Å². The summed E-state index contributed by atoms with van der Waals surface area (Å²) < 4.78 is 5.89. The molecule has 2 aromatic heterocycles. The van der Waals surface area contributed by atoms with Crippen molar-refractivity contribution in [2.24, 2.45) is 16.3 Å². The van der Waals surface area contributed by atoms with Crippen molar-refractivity contribution >= 4 is 45.8 Å². The van der Waals surface area contributed by atoms with Crippen LogP contribution in [0, 0.1) is 22.7 Å². The lowest BCUT2D eigenvalue weighted by Crippen LogP contribution is -2.26. The highest BCUT2D eigenvalue weighted by molar-refractivity contribution is 7.16. The van der Waals surface area contributed by atoms with E-state index in [1.165, 1.54) is 10.4 Å². The van der Waals surface area contributed by atoms with Crippen LogP contribution in [0.1, 0.15) is 49.0 Å². The van der Waals surface area contributed by atoms with Gasteiger partial charge in [0.25, 0.3) is 0 Å². The molecular weight excluding hydrogens is 435 g/mol. The minimum absolute atomic E-state index is 0.268. The quantitative estimate of drug-likeness (QED) is 0.373. The van der Waals surface area contributed by atoms with Crippen LogP contribution in [-0.4, -0.2) is 6.21 Å². The maximum Gasteiger partial charge on any atom is 0.145 e. The smallest absolute Gasteiger partial charge is 0.145 e. The number of rotatable bonds is 3. The molecule has 3 nitrogen and oxygen atoms in total. The molecule has 154 valence electrons. The van der Waals surface area contributed by atoms with E-state index in [0.717, 1.165) is 29.8 Å². The largest absolute Gasteiger partial charge is 0.455 e. The third-order valence-corrected chi connectivity index (χ3v) is 7.72. The molecule has 6 heteroatoms. The van der Waals surface area contributed by atoms with E-state index in [2.05, 4.69) is 31.8 Å². The number of hydrogen-bond acceptors (Lipinski definition) is 4. The Hall–Kier alpha value is -2.06. The van der Waals surface area contributed by atoms with Gasteiger partial charge in [-0.15, -0.1) is 11.3 Å². The van der Waals surface area contributed by atoms with E-state index < -0.39 is 0 Å². The van der Waals surface area contributed by atoms with Gasteiger partial charge in [-0.25, -0.2) is 4.99 Å². The van der Waals surface area contributed by atoms with E-state index in [9.17, 15) is 5.26 Å². The third kappa shape index (κ3) is 4.07. The molecule has 0 N–H and O–H groups in total. The minimum Gasteiger partial charge on any atom is -0.455 e. The van der Waals surface area contributed by atoms with E-state index >= 15 is 0 Å². The molecule has 2 heterocycles. The first-order chi connectivity index (χ1) is 14.3. The number of halogens is 2. The van der Waals surface area contributed by atoms with Crippen LogP contribution >= 0.6 is 34.5 Å². The molecule has 1 aliphatic rings. The summed E-state index contributed by atoms with van der Waals surface area (Å²) in [6.45, 7) is 6.88. The second-order valence-corrected chi connectivity index (χ2v) is 10.5. The van der Waals surface area contributed by atoms with Crippen LogP contribution in [0.3, 0.4) is 0 Å². The van der Waals surface area contributed by atoms with Gasteiger partial charge in [0.1, 0.15) is 22.6 Å². The van der Waals surface area contributed by atoms with Gasteiger partial charge in [-0.3, -0.25) is 0 Å². The fourth-order valence-electron chi connectivity index (χ4n) is 3.90. The van der Waals surface area contributed by atoms with Crippen LogP contribution in [0.5, 0.6) is 0 Å². The fourth-order valence-corrected chi connectivity index (χ4v) is 5.52. The molecule has 0 saturated carbocycles. The van der Waals surface area contributed by atoms with Gasteiger partial charge in [0.15, 0.2) is 0 Å². The molecule has 4 rings (SSSR count). The van der Waals surface area contributed by atoms with Crippen LogP contribution in [0.25, 0.3) is 11.3 Å². The van der Waals surface area contributed by atoms with Crippen LogP contribution in [0.15, 0.2) is 39.7 Å². The Labute approximate surface area is 191 Å². The summed E-state index contributed by atoms with van der Waals surface area (Å²) in [5.74, 6) is 1.86. The molecule has 0 unspecified atom stereocenters. The summed E-state index contributed by atoms with van der Waals surface area (Å²) in [5, 5.41) is 11.4. The highest BCUT2D eigenvalue weighted by atomic mass is 35.5. The summed E-state index contributed by atoms with van der Waals surface area (Å²) in [7, 11) is 0. The molecular formula is C24H22Cl2N2OS. The molecule has 0 radical (unpaired) electrons. The molecule has 0 aliphatic heterocycles. The first-order valence-electron chi connectivity index (χ1n) is 9.91. The van der Waals surface area contributed by atoms with Gasteiger partial charge < -0.3 is 4.42 Å². The zero-order chi connectivity index (χ0) is 21.5. The summed E-state index contributed by atoms with van der Waals surface area (Å²) in [4.78, 5) is 5.91. The molecule has 1 aliphatic carbocycles. The Balaban J connectivity index is 1.60. The van der Waals surface area contributed by atoms with Gasteiger partial charge in [0, 0.05) is 10.4 Å². The maximum absolute atomic E-state index is 9.73. The number of fused-ring (bicyclic) bond motifs is 1. The summed E-state index contributed by atoms with van der Waals surface area (Å²) in [6.07, 6.45) is 4.75. The van der Waals surface area contributed by atoms with Crippen LogP contribution in [0.4, 0.5) is 5.00 Å². The lowest BCUT2D eigenvalue weighted by Gasteiger charge is -2.33. The van der Waals surface area contributed by atoms with Crippen molar-refractivity contribution in [1.82, 2.24) is 0 Å². The first kappa shape index (κ1) is 21.2. The van der Waals surface area contributed by atoms with E-state index in [1.807, 2.05) is 24.3 Å². The zero-order valence-electron chi connectivity index (χ0n) is 17.1. The third-order valence-electron chi connectivity index (χ3n) is 5.74. The van der Waals surface area contributed by atoms with Gasteiger partial charge in [-0.1, -0.05) is 50.0 Å². The van der Waals surface area contributed by atoms with Gasteiger partial charge >= 0.3 is 0 Å². The normalized spacial score (nSPS) is 16.6. The van der Waals surface area contributed by atoms with E-state index in [4.69, 9.17) is 27.6 Å². The number of benzene rings is 1. The summed E-state index contributed by atoms with van der Waals surface area (Å²) in [5.41, 5.74) is 2.90. The maximum atomic E-state index is 9.73. The Kier molecular flexibility index (Phi) is 5.81. The lowest BCUT2D eigenvalue weighted by molar-refractivity contribution is 0.218. The van der Waals surface area contributed by atoms with E-state index in [0.29, 0.717) is 33.0 Å². The molecule has 1 atom stereocenters. The summed E-state index contributed by atoms with van der Waals surface area (Å²) in [6, 6.07) is 11.5. The standard InChI is InChI=1S/C24H22Cl2N2OS/c1-24(2,3)14-7-9-16-18(12-27)23(30-21(16)11-14)28-13-15-8-10-20(29-15)17-5-4-6-19(25)22(17)26/h4-6,8,10,13-14H,7,9,11H2,1-3H3/t14-/m1/s1. The summed E-state index contributed by atoms with van der Waals surface area (Å²) >= 11 is 14.0. The number of aliphatic imine (C=N–C) groups is 1. The highest BCUT2D eigenvalue weighted by Crippen LogP contribution is 2.45. The Morgan fingerprint density at radius 3 is 2.77 bits per heavy atom. The first-order valence-corrected chi connectivity index (χ1v) is 11.5. The van der Waals surface area contributed by atoms with Crippen molar-refractivity contribution < 1.29 is 4.42 Å². The van der Waals surface area contributed by atoms with Crippen LogP contribution in [-0.2, 0) is 12.8 Å². The van der Waals surface area contributed by atoms with Crippen molar-refractivity contribution in [3.8, 4) is 17.4 Å². The predicted molar refractivity (Wildman–Crippen MR) is 125 cm³/mol. The molecule has 30 heavy (non-hydrogen) atoms. The van der Waals surface area contributed by atoms with Gasteiger partial charge in [-0.05, 0) is 60.4 Å². The highest BCUT2D eigenvalue weighted by Gasteiger charge is 2.32. The molecule has 0 fully saturated rings.